The van der Waals surface area contributed by atoms with Gasteiger partial charge in [-0.1, -0.05) is 43.6 Å². The third-order valence-electron chi connectivity index (χ3n) is 6.06. The first kappa shape index (κ1) is 32.7. The number of aromatic nitrogens is 1. The summed E-state index contributed by atoms with van der Waals surface area (Å²) < 4.78 is 1.76. The number of aryl methyl sites for hydroxylation is 1. The predicted molar refractivity (Wildman–Crippen MR) is 150 cm³/mol. The molecule has 3 amide bonds. The van der Waals surface area contributed by atoms with Crippen LogP contribution in [0.1, 0.15) is 45.8 Å². The van der Waals surface area contributed by atoms with E-state index in [1.807, 2.05) is 19.9 Å². The van der Waals surface area contributed by atoms with Crippen molar-refractivity contribution in [3.05, 3.63) is 94.1 Å². The van der Waals surface area contributed by atoms with Crippen molar-refractivity contribution in [2.45, 2.75) is 20.4 Å². The molecule has 0 spiro atoms. The van der Waals surface area contributed by atoms with E-state index in [0.29, 0.717) is 27.7 Å². The summed E-state index contributed by atoms with van der Waals surface area (Å²) >= 11 is 6.29. The van der Waals surface area contributed by atoms with Gasteiger partial charge in [0.25, 0.3) is 11.8 Å². The Labute approximate surface area is 258 Å². The fraction of sp³-hybridized carbons (Fsp3) is 0.172. The van der Waals surface area contributed by atoms with Crippen LogP contribution < -0.4 is 45.5 Å². The third-order valence-corrected chi connectivity index (χ3v) is 6.39. The standard InChI is InChI=1S/C29H26ClN4O4.Na.H2O/c1-17(2)27(36)31-15-19-6-10-24(30)23(12-19)28(37)33-22-9-11-25-20(13-22)14-26(34(25)3)29(38)32-21-7-4-18(16-35)5-8-21;;/h4-14,17H,15H2,1-3H3,(H,31,36)(H,32,38)(H,33,37);;1H2/q-1;+1;/p-1. The summed E-state index contributed by atoms with van der Waals surface area (Å²) in [6.45, 7) is 3.90. The Morgan fingerprint density at radius 2 is 1.55 bits per heavy atom. The number of hydrogen-bond donors (Lipinski definition) is 3. The normalized spacial score (nSPS) is 10.3. The van der Waals surface area contributed by atoms with Gasteiger partial charge in [-0.3, -0.25) is 14.4 Å². The molecule has 0 atom stereocenters. The fourth-order valence-corrected chi connectivity index (χ4v) is 4.11. The van der Waals surface area contributed by atoms with Gasteiger partial charge in [0.2, 0.25) is 5.91 Å². The Balaban J connectivity index is 0.00000280. The van der Waals surface area contributed by atoms with Crippen molar-refractivity contribution in [3.63, 3.8) is 0 Å². The summed E-state index contributed by atoms with van der Waals surface area (Å²) in [5.41, 5.74) is 3.75. The molecular formula is C29H27ClN4NaO5-. The number of nitrogens with one attached hydrogen (secondary N) is 3. The number of nitrogens with zero attached hydrogens (tertiary/aromatic N) is 1. The summed E-state index contributed by atoms with van der Waals surface area (Å²) in [5.74, 6) is -0.926. The minimum atomic E-state index is -0.392. The van der Waals surface area contributed by atoms with Crippen LogP contribution >= 0.6 is 11.6 Å². The molecule has 4 N–H and O–H groups in total. The first-order valence-corrected chi connectivity index (χ1v) is 12.3. The molecular weight excluding hydrogens is 543 g/mol. The van der Waals surface area contributed by atoms with E-state index in [0.717, 1.165) is 16.5 Å². The van der Waals surface area contributed by atoms with Gasteiger partial charge in [-0.2, -0.15) is 17.7 Å². The topological polar surface area (TPSA) is 139 Å². The Hall–Kier alpha value is -3.47. The zero-order valence-electron chi connectivity index (χ0n) is 22.5. The van der Waals surface area contributed by atoms with Crippen molar-refractivity contribution in [2.24, 2.45) is 13.0 Å². The van der Waals surface area contributed by atoms with Crippen LogP contribution in [0.3, 0.4) is 0 Å². The van der Waals surface area contributed by atoms with E-state index < -0.39 is 5.91 Å². The second kappa shape index (κ2) is 14.2. The van der Waals surface area contributed by atoms with Crippen molar-refractivity contribution < 1.29 is 54.2 Å². The van der Waals surface area contributed by atoms with Crippen molar-refractivity contribution in [3.8, 4) is 0 Å². The number of carbonyl (C=O) groups is 3. The molecule has 0 fully saturated rings. The summed E-state index contributed by atoms with van der Waals surface area (Å²) in [6.07, 6.45) is 1.79. The van der Waals surface area contributed by atoms with Crippen LogP contribution in [0, 0.1) is 5.92 Å². The first-order valence-electron chi connectivity index (χ1n) is 11.9. The molecule has 0 saturated heterocycles. The number of rotatable bonds is 8. The van der Waals surface area contributed by atoms with Gasteiger partial charge in [0.05, 0.1) is 16.9 Å². The van der Waals surface area contributed by atoms with Gasteiger partial charge in [0.15, 0.2) is 0 Å². The molecule has 1 aromatic heterocycles. The third kappa shape index (κ3) is 7.59. The molecule has 9 nitrogen and oxygen atoms in total. The van der Waals surface area contributed by atoms with E-state index in [1.165, 1.54) is 0 Å². The van der Waals surface area contributed by atoms with Gasteiger partial charge in [-0.05, 0) is 42.0 Å². The van der Waals surface area contributed by atoms with Crippen LogP contribution in [0.15, 0.2) is 66.7 Å². The molecule has 0 aliphatic rings. The first-order chi connectivity index (χ1) is 18.2. The Bertz CT molecular complexity index is 1550. The molecule has 11 heteroatoms. The molecule has 202 valence electrons. The maximum Gasteiger partial charge on any atom is 1.00 e. The molecule has 0 aliphatic heterocycles. The maximum atomic E-state index is 13.0. The molecule has 0 aliphatic carbocycles. The van der Waals surface area contributed by atoms with Gasteiger partial charge in [-0.15, -0.1) is 0 Å². The number of fused-ring (bicyclic) bond motifs is 1. The number of anilines is 2. The fourth-order valence-electron chi connectivity index (χ4n) is 3.91. The number of hydrogen-bond acceptors (Lipinski definition) is 5. The monoisotopic (exact) mass is 569 g/mol. The van der Waals surface area contributed by atoms with Crippen molar-refractivity contribution >= 4 is 57.9 Å². The molecule has 0 bridgehead atoms. The van der Waals surface area contributed by atoms with Gasteiger partial charge >= 0.3 is 29.6 Å². The molecule has 4 aromatic rings. The molecule has 3 aromatic carbocycles. The Kier molecular flexibility index (Phi) is 11.7. The summed E-state index contributed by atoms with van der Waals surface area (Å²) in [7, 11) is 1.78. The van der Waals surface area contributed by atoms with Gasteiger partial charge in [0, 0.05) is 41.8 Å². The summed E-state index contributed by atoms with van der Waals surface area (Å²) in [4.78, 5) is 48.5. The average Bonchev–Trinajstić information content (AvgIpc) is 3.23. The molecule has 0 radical (unpaired) electrons. The van der Waals surface area contributed by atoms with Crippen LogP contribution in [0.25, 0.3) is 10.9 Å². The summed E-state index contributed by atoms with van der Waals surface area (Å²) in [5, 5.41) is 9.55. The van der Waals surface area contributed by atoms with E-state index in [1.54, 1.807) is 78.6 Å². The molecule has 4 rings (SSSR count). The van der Waals surface area contributed by atoms with Gasteiger partial charge in [0.1, 0.15) is 5.69 Å². The van der Waals surface area contributed by atoms with E-state index in [4.69, 9.17) is 11.6 Å². The zero-order chi connectivity index (χ0) is 27.4. The number of benzene rings is 3. The second-order valence-corrected chi connectivity index (χ2v) is 9.54. The van der Waals surface area contributed by atoms with Crippen LogP contribution in [-0.2, 0) is 23.2 Å². The molecule has 1 heterocycles. The van der Waals surface area contributed by atoms with Gasteiger partial charge in [-0.25, -0.2) is 0 Å². The van der Waals surface area contributed by atoms with Gasteiger partial charge < -0.3 is 30.8 Å². The molecule has 0 unspecified atom stereocenters. The van der Waals surface area contributed by atoms with E-state index in [9.17, 15) is 19.2 Å². The Morgan fingerprint density at radius 1 is 0.900 bits per heavy atom. The van der Waals surface area contributed by atoms with Crippen molar-refractivity contribution in [1.82, 2.24) is 9.88 Å². The minimum absolute atomic E-state index is 0. The number of carbonyl (C=O) groups excluding carboxylic acids is 4. The maximum absolute atomic E-state index is 13.0. The van der Waals surface area contributed by atoms with Crippen molar-refractivity contribution in [2.75, 3.05) is 10.6 Å². The average molecular weight is 570 g/mol. The smallest absolute Gasteiger partial charge is 0.870 e. The van der Waals surface area contributed by atoms with E-state index >= 15 is 0 Å². The molecule has 40 heavy (non-hydrogen) atoms. The zero-order valence-corrected chi connectivity index (χ0v) is 25.3. The van der Waals surface area contributed by atoms with Crippen LogP contribution in [0.4, 0.5) is 11.4 Å². The SMILES string of the molecule is CC(C)C(=O)NCc1ccc(Cl)c(C(=O)Nc2ccc3c(c2)cc(C(=O)Nc2ccc([C-]=O)cc2)n3C)c1.[Na+].[OH-]. The molecule has 0 saturated carbocycles. The second-order valence-electron chi connectivity index (χ2n) is 9.14. The van der Waals surface area contributed by atoms with E-state index in [2.05, 4.69) is 16.0 Å². The van der Waals surface area contributed by atoms with Crippen LogP contribution in [0.5, 0.6) is 0 Å². The Morgan fingerprint density at radius 3 is 2.20 bits per heavy atom. The number of halogens is 1. The predicted octanol–water partition coefficient (Wildman–Crippen LogP) is 1.89. The van der Waals surface area contributed by atoms with Crippen LogP contribution in [-0.4, -0.2) is 34.1 Å². The number of amides is 3. The van der Waals surface area contributed by atoms with E-state index in [-0.39, 0.29) is 64.9 Å². The largest absolute Gasteiger partial charge is 1.00 e. The van der Waals surface area contributed by atoms with Crippen LogP contribution in [0.2, 0.25) is 5.02 Å². The quantitative estimate of drug-likeness (QED) is 0.220. The summed E-state index contributed by atoms with van der Waals surface area (Å²) in [6, 6.07) is 18.5. The minimum Gasteiger partial charge on any atom is -0.870 e. The van der Waals surface area contributed by atoms with Crippen molar-refractivity contribution in [1.29, 1.82) is 0 Å².